The fourth-order valence-corrected chi connectivity index (χ4v) is 2.98. The molecule has 0 saturated heterocycles. The van der Waals surface area contributed by atoms with E-state index in [1.165, 1.54) is 11.8 Å². The van der Waals surface area contributed by atoms with Gasteiger partial charge in [0.15, 0.2) is 0 Å². The average molecular weight is 356 g/mol. The summed E-state index contributed by atoms with van der Waals surface area (Å²) in [4.78, 5) is 24.4. The number of thioether (sulfide) groups is 1. The van der Waals surface area contributed by atoms with Gasteiger partial charge >= 0.3 is 0 Å². The predicted octanol–water partition coefficient (Wildman–Crippen LogP) is 4.31. The van der Waals surface area contributed by atoms with Crippen LogP contribution in [-0.4, -0.2) is 22.8 Å². The summed E-state index contributed by atoms with van der Waals surface area (Å²) in [5.41, 5.74) is 4.80. The second kappa shape index (κ2) is 8.72. The number of nitrogens with one attached hydrogen (secondary N) is 2. The molecule has 0 fully saturated rings. The van der Waals surface area contributed by atoms with Crippen LogP contribution in [0.15, 0.2) is 42.5 Å². The highest BCUT2D eigenvalue weighted by atomic mass is 32.2. The highest BCUT2D eigenvalue weighted by molar-refractivity contribution is 8.01. The van der Waals surface area contributed by atoms with Crippen molar-refractivity contribution in [2.45, 2.75) is 32.9 Å². The summed E-state index contributed by atoms with van der Waals surface area (Å²) < 4.78 is 0. The predicted molar refractivity (Wildman–Crippen MR) is 106 cm³/mol. The Balaban J connectivity index is 1.84. The number of rotatable bonds is 6. The normalized spacial score (nSPS) is 11.7. The van der Waals surface area contributed by atoms with Gasteiger partial charge in [-0.3, -0.25) is 9.59 Å². The smallest absolute Gasteiger partial charge is 0.237 e. The molecule has 0 radical (unpaired) electrons. The Bertz CT molecular complexity index is 774. The van der Waals surface area contributed by atoms with Gasteiger partial charge in [-0.15, -0.1) is 11.8 Å². The van der Waals surface area contributed by atoms with Crippen LogP contribution in [0, 0.1) is 20.8 Å². The maximum absolute atomic E-state index is 12.3. The molecule has 0 aliphatic rings. The Morgan fingerprint density at radius 1 is 1.00 bits per heavy atom. The monoisotopic (exact) mass is 356 g/mol. The first-order valence-corrected chi connectivity index (χ1v) is 9.26. The van der Waals surface area contributed by atoms with E-state index in [-0.39, 0.29) is 22.8 Å². The first kappa shape index (κ1) is 19.1. The number of hydrogen-bond acceptors (Lipinski definition) is 3. The summed E-state index contributed by atoms with van der Waals surface area (Å²) in [5.74, 6) is 0.0269. The third-order valence-electron chi connectivity index (χ3n) is 3.79. The maximum atomic E-state index is 12.3. The summed E-state index contributed by atoms with van der Waals surface area (Å²) in [6, 6.07) is 13.6. The van der Waals surface area contributed by atoms with Gasteiger partial charge < -0.3 is 10.6 Å². The Labute approximate surface area is 153 Å². The van der Waals surface area contributed by atoms with E-state index in [1.54, 1.807) is 0 Å². The topological polar surface area (TPSA) is 58.2 Å². The second-order valence-corrected chi connectivity index (χ2v) is 7.51. The molecule has 0 saturated carbocycles. The Kier molecular flexibility index (Phi) is 6.65. The molecule has 132 valence electrons. The zero-order valence-electron chi connectivity index (χ0n) is 15.1. The average Bonchev–Trinajstić information content (AvgIpc) is 2.56. The summed E-state index contributed by atoms with van der Waals surface area (Å²) in [6.07, 6.45) is 0. The van der Waals surface area contributed by atoms with E-state index in [4.69, 9.17) is 0 Å². The van der Waals surface area contributed by atoms with Crippen LogP contribution < -0.4 is 10.6 Å². The van der Waals surface area contributed by atoms with Crippen LogP contribution >= 0.6 is 11.8 Å². The number of benzene rings is 2. The molecule has 0 bridgehead atoms. The fourth-order valence-electron chi connectivity index (χ4n) is 2.30. The third-order valence-corrected chi connectivity index (χ3v) is 4.93. The number of hydrogen-bond donors (Lipinski definition) is 2. The van der Waals surface area contributed by atoms with Gasteiger partial charge in [-0.1, -0.05) is 24.3 Å². The van der Waals surface area contributed by atoms with Gasteiger partial charge in [-0.05, 0) is 62.6 Å². The molecule has 0 unspecified atom stereocenters. The fraction of sp³-hybridized carbons (Fsp3) is 0.300. The lowest BCUT2D eigenvalue weighted by Crippen LogP contribution is -2.25. The lowest BCUT2D eigenvalue weighted by molar-refractivity contribution is -0.115. The minimum Gasteiger partial charge on any atom is -0.325 e. The van der Waals surface area contributed by atoms with Crippen molar-refractivity contribution in [3.8, 4) is 0 Å². The number of carbonyl (C=O) groups is 2. The zero-order chi connectivity index (χ0) is 18.4. The van der Waals surface area contributed by atoms with Gasteiger partial charge in [-0.25, -0.2) is 0 Å². The van der Waals surface area contributed by atoms with Crippen LogP contribution in [-0.2, 0) is 9.59 Å². The number of aryl methyl sites for hydroxylation is 3. The van der Waals surface area contributed by atoms with Crippen LogP contribution in [0.3, 0.4) is 0 Å². The van der Waals surface area contributed by atoms with Crippen molar-refractivity contribution in [1.29, 1.82) is 0 Å². The lowest BCUT2D eigenvalue weighted by Gasteiger charge is -2.14. The molecule has 0 heterocycles. The molecule has 0 aliphatic carbocycles. The molecular weight excluding hydrogens is 332 g/mol. The summed E-state index contributed by atoms with van der Waals surface area (Å²) >= 11 is 1.32. The van der Waals surface area contributed by atoms with Gasteiger partial charge in [0.05, 0.1) is 11.0 Å². The molecule has 0 aliphatic heterocycles. The standard InChI is InChI=1S/C20H24N2O2S/c1-13-6-5-7-17(10-13)21-19(23)12-25-16(4)20(24)22-18-11-14(2)8-9-15(18)3/h5-11,16H,12H2,1-4H3,(H,21,23)(H,22,24)/t16-/m0/s1. The SMILES string of the molecule is Cc1cccc(NC(=O)CS[C@@H](C)C(=O)Nc2cc(C)ccc2C)c1. The minimum absolute atomic E-state index is 0.0953. The molecule has 0 aromatic heterocycles. The van der Waals surface area contributed by atoms with Gasteiger partial charge in [0.25, 0.3) is 0 Å². The van der Waals surface area contributed by atoms with Crippen LogP contribution in [0.2, 0.25) is 0 Å². The van der Waals surface area contributed by atoms with Gasteiger partial charge in [0.1, 0.15) is 0 Å². The molecule has 0 spiro atoms. The molecule has 2 amide bonds. The van der Waals surface area contributed by atoms with Crippen molar-refractivity contribution in [3.63, 3.8) is 0 Å². The molecule has 25 heavy (non-hydrogen) atoms. The highest BCUT2D eigenvalue weighted by Gasteiger charge is 2.16. The van der Waals surface area contributed by atoms with Gasteiger partial charge in [0, 0.05) is 11.4 Å². The highest BCUT2D eigenvalue weighted by Crippen LogP contribution is 2.19. The number of amides is 2. The Morgan fingerprint density at radius 2 is 1.72 bits per heavy atom. The van der Waals surface area contributed by atoms with Crippen LogP contribution in [0.5, 0.6) is 0 Å². The molecule has 2 aromatic rings. The van der Waals surface area contributed by atoms with Crippen LogP contribution in [0.1, 0.15) is 23.6 Å². The minimum atomic E-state index is -0.317. The van der Waals surface area contributed by atoms with Crippen molar-refractivity contribution >= 4 is 35.0 Å². The van der Waals surface area contributed by atoms with Gasteiger partial charge in [0.2, 0.25) is 11.8 Å². The van der Waals surface area contributed by atoms with Crippen molar-refractivity contribution in [2.75, 3.05) is 16.4 Å². The quantitative estimate of drug-likeness (QED) is 0.811. The summed E-state index contributed by atoms with van der Waals surface area (Å²) in [6.45, 7) is 7.74. The van der Waals surface area contributed by atoms with E-state index in [9.17, 15) is 9.59 Å². The van der Waals surface area contributed by atoms with Crippen LogP contribution in [0.4, 0.5) is 11.4 Å². The van der Waals surface area contributed by atoms with E-state index in [1.807, 2.05) is 70.2 Å². The molecule has 2 N–H and O–H groups in total. The zero-order valence-corrected chi connectivity index (χ0v) is 15.9. The van der Waals surface area contributed by atoms with E-state index in [0.717, 1.165) is 28.1 Å². The van der Waals surface area contributed by atoms with Crippen molar-refractivity contribution < 1.29 is 9.59 Å². The van der Waals surface area contributed by atoms with Crippen molar-refractivity contribution in [2.24, 2.45) is 0 Å². The van der Waals surface area contributed by atoms with Gasteiger partial charge in [-0.2, -0.15) is 0 Å². The number of anilines is 2. The van der Waals surface area contributed by atoms with E-state index in [0.29, 0.717) is 0 Å². The first-order chi connectivity index (χ1) is 11.8. The number of carbonyl (C=O) groups excluding carboxylic acids is 2. The Morgan fingerprint density at radius 3 is 2.44 bits per heavy atom. The van der Waals surface area contributed by atoms with Crippen molar-refractivity contribution in [3.05, 3.63) is 59.2 Å². The summed E-state index contributed by atoms with van der Waals surface area (Å²) in [7, 11) is 0. The van der Waals surface area contributed by atoms with E-state index < -0.39 is 0 Å². The Hall–Kier alpha value is -2.27. The third kappa shape index (κ3) is 5.94. The van der Waals surface area contributed by atoms with E-state index >= 15 is 0 Å². The first-order valence-electron chi connectivity index (χ1n) is 8.21. The van der Waals surface area contributed by atoms with Crippen LogP contribution in [0.25, 0.3) is 0 Å². The summed E-state index contributed by atoms with van der Waals surface area (Å²) in [5, 5.41) is 5.48. The molecule has 4 nitrogen and oxygen atoms in total. The second-order valence-electron chi connectivity index (χ2n) is 6.18. The molecule has 2 aromatic carbocycles. The largest absolute Gasteiger partial charge is 0.325 e. The molecular formula is C20H24N2O2S. The molecule has 1 atom stereocenters. The lowest BCUT2D eigenvalue weighted by atomic mass is 10.1. The van der Waals surface area contributed by atoms with Crippen molar-refractivity contribution in [1.82, 2.24) is 0 Å². The van der Waals surface area contributed by atoms with E-state index in [2.05, 4.69) is 10.6 Å². The maximum Gasteiger partial charge on any atom is 0.237 e. The molecule has 5 heteroatoms. The molecule has 2 rings (SSSR count).